The van der Waals surface area contributed by atoms with Gasteiger partial charge in [-0.3, -0.25) is 4.79 Å². The van der Waals surface area contributed by atoms with E-state index in [1.165, 1.54) is 6.07 Å². The second kappa shape index (κ2) is 6.23. The minimum atomic E-state index is -0.698. The molecule has 0 bridgehead atoms. The highest BCUT2D eigenvalue weighted by Crippen LogP contribution is 2.30. The summed E-state index contributed by atoms with van der Waals surface area (Å²) in [5.74, 6) is 0.105. The highest BCUT2D eigenvalue weighted by Gasteiger charge is 2.18. The fourth-order valence-electron chi connectivity index (χ4n) is 1.93. The van der Waals surface area contributed by atoms with E-state index in [0.29, 0.717) is 34.9 Å². The highest BCUT2D eigenvalue weighted by atomic mass is 79.9. The first kappa shape index (κ1) is 14.6. The van der Waals surface area contributed by atoms with Gasteiger partial charge in [-0.15, -0.1) is 0 Å². The van der Waals surface area contributed by atoms with E-state index in [1.54, 1.807) is 24.3 Å². The minimum absolute atomic E-state index is 0.0295. The van der Waals surface area contributed by atoms with Crippen molar-refractivity contribution in [3.8, 4) is 11.5 Å². The molecule has 0 saturated heterocycles. The van der Waals surface area contributed by atoms with Crippen LogP contribution in [0.4, 0.5) is 0 Å². The van der Waals surface area contributed by atoms with Gasteiger partial charge in [0.2, 0.25) is 5.76 Å². The highest BCUT2D eigenvalue weighted by molar-refractivity contribution is 9.10. The van der Waals surface area contributed by atoms with Crippen LogP contribution in [0.2, 0.25) is 0 Å². The van der Waals surface area contributed by atoms with Gasteiger partial charge in [0.1, 0.15) is 13.2 Å². The van der Waals surface area contributed by atoms with Gasteiger partial charge in [0.05, 0.1) is 0 Å². The quantitative estimate of drug-likeness (QED) is 0.611. The van der Waals surface area contributed by atoms with Crippen molar-refractivity contribution in [2.24, 2.45) is 0 Å². The van der Waals surface area contributed by atoms with Gasteiger partial charge in [-0.1, -0.05) is 0 Å². The lowest BCUT2D eigenvalue weighted by molar-refractivity contribution is 0.0442. The van der Waals surface area contributed by atoms with Crippen LogP contribution >= 0.6 is 15.9 Å². The normalized spacial score (nSPS) is 12.8. The van der Waals surface area contributed by atoms with Crippen LogP contribution < -0.4 is 9.47 Å². The summed E-state index contributed by atoms with van der Waals surface area (Å²) in [4.78, 5) is 23.8. The summed E-state index contributed by atoms with van der Waals surface area (Å²) in [6, 6.07) is 7.87. The second-order valence-corrected chi connectivity index (χ2v) is 5.24. The zero-order chi connectivity index (χ0) is 15.5. The van der Waals surface area contributed by atoms with E-state index >= 15 is 0 Å². The van der Waals surface area contributed by atoms with E-state index in [9.17, 15) is 9.59 Å². The Morgan fingerprint density at radius 2 is 1.86 bits per heavy atom. The molecule has 0 unspecified atom stereocenters. The topological polar surface area (TPSA) is 75.0 Å². The summed E-state index contributed by atoms with van der Waals surface area (Å²) in [5, 5.41) is 0. The van der Waals surface area contributed by atoms with Crippen molar-refractivity contribution < 1.29 is 28.2 Å². The Kier molecular flexibility index (Phi) is 4.15. The summed E-state index contributed by atoms with van der Waals surface area (Å²) < 4.78 is 21.2. The van der Waals surface area contributed by atoms with E-state index < -0.39 is 5.97 Å². The van der Waals surface area contributed by atoms with Crippen molar-refractivity contribution in [1.82, 2.24) is 0 Å². The smallest absolute Gasteiger partial charge is 0.374 e. The van der Waals surface area contributed by atoms with Gasteiger partial charge in [0, 0.05) is 5.56 Å². The first-order valence-electron chi connectivity index (χ1n) is 6.49. The molecule has 1 aliphatic rings. The van der Waals surface area contributed by atoms with Crippen LogP contribution in [0.15, 0.2) is 39.4 Å². The number of halogens is 1. The molecule has 114 valence electrons. The molecule has 0 atom stereocenters. The summed E-state index contributed by atoms with van der Waals surface area (Å²) in [5.41, 5.74) is 0.387. The average molecular weight is 367 g/mol. The molecule has 0 radical (unpaired) electrons. The zero-order valence-electron chi connectivity index (χ0n) is 11.3. The van der Waals surface area contributed by atoms with E-state index in [1.807, 2.05) is 0 Å². The van der Waals surface area contributed by atoms with Gasteiger partial charge in [-0.2, -0.15) is 0 Å². The molecule has 2 aromatic rings. The van der Waals surface area contributed by atoms with Crippen molar-refractivity contribution in [2.75, 3.05) is 19.8 Å². The third kappa shape index (κ3) is 3.14. The SMILES string of the molecule is O=C(COC(=O)c1ccc(Br)o1)c1ccc2c(c1)OCCO2. The number of hydrogen-bond acceptors (Lipinski definition) is 6. The van der Waals surface area contributed by atoms with Crippen molar-refractivity contribution in [2.45, 2.75) is 0 Å². The molecule has 2 heterocycles. The van der Waals surface area contributed by atoms with Crippen molar-refractivity contribution in [3.63, 3.8) is 0 Å². The number of carbonyl (C=O) groups excluding carboxylic acids is 2. The van der Waals surface area contributed by atoms with Crippen LogP contribution in [0.3, 0.4) is 0 Å². The molecule has 1 aromatic carbocycles. The lowest BCUT2D eigenvalue weighted by Crippen LogP contribution is -2.17. The Bertz CT molecular complexity index is 721. The molecule has 0 saturated carbocycles. The molecule has 1 aromatic heterocycles. The van der Waals surface area contributed by atoms with Gasteiger partial charge >= 0.3 is 5.97 Å². The summed E-state index contributed by atoms with van der Waals surface area (Å²) in [7, 11) is 0. The number of furan rings is 1. The number of Topliss-reactive ketones (excluding diaryl/α,β-unsaturated/α-hetero) is 1. The molecule has 7 heteroatoms. The van der Waals surface area contributed by atoms with Crippen LogP contribution in [0.5, 0.6) is 11.5 Å². The number of benzene rings is 1. The Labute approximate surface area is 134 Å². The Hall–Kier alpha value is -2.28. The lowest BCUT2D eigenvalue weighted by Gasteiger charge is -2.18. The van der Waals surface area contributed by atoms with Crippen LogP contribution in [-0.2, 0) is 4.74 Å². The molecular formula is C15H11BrO6. The fourth-order valence-corrected chi connectivity index (χ4v) is 2.23. The molecule has 0 spiro atoms. The van der Waals surface area contributed by atoms with Gasteiger partial charge in [0.25, 0.3) is 0 Å². The van der Waals surface area contributed by atoms with Crippen LogP contribution in [0, 0.1) is 0 Å². The molecule has 0 N–H and O–H groups in total. The van der Waals surface area contributed by atoms with E-state index in [2.05, 4.69) is 15.9 Å². The maximum absolute atomic E-state index is 12.1. The van der Waals surface area contributed by atoms with Crippen molar-refractivity contribution in [3.05, 3.63) is 46.3 Å². The number of rotatable bonds is 4. The van der Waals surface area contributed by atoms with Gasteiger partial charge < -0.3 is 18.6 Å². The van der Waals surface area contributed by atoms with Gasteiger partial charge in [0.15, 0.2) is 28.6 Å². The molecule has 3 rings (SSSR count). The van der Waals surface area contributed by atoms with E-state index in [0.717, 1.165) is 0 Å². The number of hydrogen-bond donors (Lipinski definition) is 0. The maximum Gasteiger partial charge on any atom is 0.374 e. The number of carbonyl (C=O) groups is 2. The Balaban J connectivity index is 1.63. The molecule has 0 aliphatic carbocycles. The molecular weight excluding hydrogens is 356 g/mol. The Morgan fingerprint density at radius 1 is 1.09 bits per heavy atom. The van der Waals surface area contributed by atoms with E-state index in [4.69, 9.17) is 18.6 Å². The molecule has 6 nitrogen and oxygen atoms in total. The minimum Gasteiger partial charge on any atom is -0.486 e. The van der Waals surface area contributed by atoms with Crippen molar-refractivity contribution in [1.29, 1.82) is 0 Å². The predicted molar refractivity (Wildman–Crippen MR) is 78.5 cm³/mol. The second-order valence-electron chi connectivity index (χ2n) is 4.46. The van der Waals surface area contributed by atoms with Crippen LogP contribution in [0.25, 0.3) is 0 Å². The molecule has 1 aliphatic heterocycles. The number of ether oxygens (including phenoxy) is 3. The first-order chi connectivity index (χ1) is 10.6. The van der Waals surface area contributed by atoms with Crippen molar-refractivity contribution >= 4 is 27.7 Å². The number of ketones is 1. The largest absolute Gasteiger partial charge is 0.486 e. The first-order valence-corrected chi connectivity index (χ1v) is 7.28. The lowest BCUT2D eigenvalue weighted by atomic mass is 10.1. The van der Waals surface area contributed by atoms with Gasteiger partial charge in [-0.25, -0.2) is 4.79 Å². The molecule has 22 heavy (non-hydrogen) atoms. The molecule has 0 amide bonds. The standard InChI is InChI=1S/C15H11BrO6/c16-14-4-3-12(22-14)15(18)21-8-10(17)9-1-2-11-13(7-9)20-6-5-19-11/h1-4,7H,5-6,8H2. The molecule has 0 fully saturated rings. The number of fused-ring (bicyclic) bond motifs is 1. The van der Waals surface area contributed by atoms with Gasteiger partial charge in [-0.05, 0) is 46.3 Å². The number of esters is 1. The fraction of sp³-hybridized carbons (Fsp3) is 0.200. The summed E-state index contributed by atoms with van der Waals surface area (Å²) in [6.07, 6.45) is 0. The third-order valence-electron chi connectivity index (χ3n) is 2.97. The van der Waals surface area contributed by atoms with Crippen LogP contribution in [0.1, 0.15) is 20.9 Å². The summed E-state index contributed by atoms with van der Waals surface area (Å²) in [6.45, 7) is 0.542. The predicted octanol–water partition coefficient (Wildman–Crippen LogP) is 2.85. The average Bonchev–Trinajstić information content (AvgIpc) is 2.98. The zero-order valence-corrected chi connectivity index (χ0v) is 12.9. The third-order valence-corrected chi connectivity index (χ3v) is 3.40. The summed E-state index contributed by atoms with van der Waals surface area (Å²) >= 11 is 3.09. The van der Waals surface area contributed by atoms with E-state index in [-0.39, 0.29) is 18.2 Å². The maximum atomic E-state index is 12.1. The van der Waals surface area contributed by atoms with Crippen LogP contribution in [-0.4, -0.2) is 31.6 Å². The Morgan fingerprint density at radius 3 is 2.59 bits per heavy atom. The monoisotopic (exact) mass is 366 g/mol.